The monoisotopic (exact) mass is 544 g/mol. The molecular formula is C28H32O9S. The van der Waals surface area contributed by atoms with Gasteiger partial charge in [0.25, 0.3) is 0 Å². The Labute approximate surface area is 226 Å². The van der Waals surface area contributed by atoms with Crippen molar-refractivity contribution in [3.05, 3.63) is 71.8 Å². The molecule has 0 spiro atoms. The highest BCUT2D eigenvalue weighted by Gasteiger charge is 2.54. The average molecular weight is 545 g/mol. The fraction of sp³-hybridized carbons (Fsp3) is 0.429. The van der Waals surface area contributed by atoms with Crippen molar-refractivity contribution in [2.75, 3.05) is 12.9 Å². The number of carbonyl (C=O) groups excluding carboxylic acids is 4. The van der Waals surface area contributed by atoms with Crippen LogP contribution in [-0.2, 0) is 44.7 Å². The summed E-state index contributed by atoms with van der Waals surface area (Å²) in [6, 6.07) is 17.7. The number of esters is 3. The van der Waals surface area contributed by atoms with E-state index in [1.165, 1.54) is 25.8 Å². The molecule has 0 aliphatic carbocycles. The lowest BCUT2D eigenvalue weighted by molar-refractivity contribution is -0.233. The van der Waals surface area contributed by atoms with Gasteiger partial charge in [0.15, 0.2) is 18.3 Å². The molecule has 9 nitrogen and oxygen atoms in total. The molecule has 1 fully saturated rings. The van der Waals surface area contributed by atoms with Crippen LogP contribution in [0.5, 0.6) is 0 Å². The lowest BCUT2D eigenvalue weighted by atomic mass is 9.98. The van der Waals surface area contributed by atoms with E-state index in [4.69, 9.17) is 23.7 Å². The number of methoxy groups -OCH3 is 1. The summed E-state index contributed by atoms with van der Waals surface area (Å²) in [4.78, 5) is 50.0. The zero-order valence-electron chi connectivity index (χ0n) is 21.6. The van der Waals surface area contributed by atoms with E-state index in [0.717, 1.165) is 5.56 Å². The van der Waals surface area contributed by atoms with Gasteiger partial charge in [-0.25, -0.2) is 9.59 Å². The van der Waals surface area contributed by atoms with Gasteiger partial charge >= 0.3 is 17.9 Å². The van der Waals surface area contributed by atoms with Gasteiger partial charge in [-0.2, -0.15) is 0 Å². The number of hydrogen-bond donors (Lipinski definition) is 0. The van der Waals surface area contributed by atoms with Gasteiger partial charge in [0.2, 0.25) is 0 Å². The SMILES string of the molecule is CCS[C@H]1O[C@@H](C(=O)OC)[C@@H](OC(=O)CCC(C)=O)[C@H](OCc2ccccc2)[C@H]1OC(=O)c1ccccc1. The van der Waals surface area contributed by atoms with Crippen LogP contribution in [0.2, 0.25) is 0 Å². The molecule has 2 aromatic carbocycles. The van der Waals surface area contributed by atoms with Crippen LogP contribution in [0.1, 0.15) is 42.6 Å². The molecule has 3 rings (SSSR count). The van der Waals surface area contributed by atoms with Gasteiger partial charge in [-0.3, -0.25) is 4.79 Å². The Kier molecular flexibility index (Phi) is 11.3. The van der Waals surface area contributed by atoms with E-state index >= 15 is 0 Å². The first-order valence-electron chi connectivity index (χ1n) is 12.3. The number of carbonyl (C=O) groups is 4. The molecule has 10 heteroatoms. The first-order chi connectivity index (χ1) is 18.3. The minimum Gasteiger partial charge on any atom is -0.467 e. The zero-order chi connectivity index (χ0) is 27.5. The Bertz CT molecular complexity index is 1080. The molecule has 38 heavy (non-hydrogen) atoms. The molecule has 0 bridgehead atoms. The van der Waals surface area contributed by atoms with Crippen molar-refractivity contribution >= 4 is 35.5 Å². The number of ketones is 1. The third-order valence-electron chi connectivity index (χ3n) is 5.75. The maximum atomic E-state index is 13.1. The smallest absolute Gasteiger partial charge is 0.339 e. The first-order valence-corrected chi connectivity index (χ1v) is 13.3. The molecule has 0 amide bonds. The quantitative estimate of drug-likeness (QED) is 0.289. The molecule has 1 saturated heterocycles. The van der Waals surface area contributed by atoms with Crippen LogP contribution >= 0.6 is 11.8 Å². The minimum absolute atomic E-state index is 0.0222. The lowest BCUT2D eigenvalue weighted by Gasteiger charge is -2.44. The van der Waals surface area contributed by atoms with Gasteiger partial charge in [0.05, 0.1) is 25.7 Å². The van der Waals surface area contributed by atoms with E-state index in [0.29, 0.717) is 11.3 Å². The molecule has 0 unspecified atom stereocenters. The van der Waals surface area contributed by atoms with Gasteiger partial charge < -0.3 is 28.5 Å². The van der Waals surface area contributed by atoms with E-state index in [1.54, 1.807) is 30.3 Å². The van der Waals surface area contributed by atoms with Crippen LogP contribution in [0.3, 0.4) is 0 Å². The molecule has 0 radical (unpaired) electrons. The summed E-state index contributed by atoms with van der Waals surface area (Å²) >= 11 is 1.32. The second-order valence-electron chi connectivity index (χ2n) is 8.56. The second-order valence-corrected chi connectivity index (χ2v) is 9.93. The maximum Gasteiger partial charge on any atom is 0.339 e. The number of rotatable bonds is 12. The Morgan fingerprint density at radius 2 is 1.53 bits per heavy atom. The van der Waals surface area contributed by atoms with E-state index in [-0.39, 0.29) is 25.2 Å². The van der Waals surface area contributed by atoms with Gasteiger partial charge in [-0.1, -0.05) is 55.5 Å². The zero-order valence-corrected chi connectivity index (χ0v) is 22.4. The van der Waals surface area contributed by atoms with Crippen molar-refractivity contribution in [1.29, 1.82) is 0 Å². The first kappa shape index (κ1) is 29.3. The summed E-state index contributed by atoms with van der Waals surface area (Å²) in [5, 5.41) is 0. The highest BCUT2D eigenvalue weighted by Crippen LogP contribution is 2.35. The van der Waals surface area contributed by atoms with Gasteiger partial charge in [-0.05, 0) is 30.4 Å². The predicted octanol–water partition coefficient (Wildman–Crippen LogP) is 3.73. The van der Waals surface area contributed by atoms with Crippen LogP contribution < -0.4 is 0 Å². The molecule has 1 heterocycles. The number of hydrogen-bond acceptors (Lipinski definition) is 10. The van der Waals surface area contributed by atoms with Crippen LogP contribution in [-0.4, -0.2) is 66.4 Å². The lowest BCUT2D eigenvalue weighted by Crippen LogP contribution is -2.62. The third kappa shape index (κ3) is 8.14. The van der Waals surface area contributed by atoms with Crippen molar-refractivity contribution in [3.8, 4) is 0 Å². The highest BCUT2D eigenvalue weighted by molar-refractivity contribution is 7.99. The molecule has 2 aromatic rings. The third-order valence-corrected chi connectivity index (χ3v) is 6.79. The minimum atomic E-state index is -1.34. The number of ether oxygens (including phenoxy) is 5. The Balaban J connectivity index is 1.97. The van der Waals surface area contributed by atoms with E-state index < -0.39 is 47.8 Å². The van der Waals surface area contributed by atoms with Gasteiger partial charge in [0, 0.05) is 6.42 Å². The molecule has 0 N–H and O–H groups in total. The topological polar surface area (TPSA) is 114 Å². The largest absolute Gasteiger partial charge is 0.467 e. The van der Waals surface area contributed by atoms with Crippen LogP contribution in [0, 0.1) is 0 Å². The van der Waals surface area contributed by atoms with Crippen molar-refractivity contribution < 1.29 is 42.9 Å². The molecule has 204 valence electrons. The standard InChI is InChI=1S/C28H32O9S/c1-4-38-28-25(36-26(31)20-13-9-6-10-14-20)22(34-17-19-11-7-5-8-12-19)23(24(37-28)27(32)33-3)35-21(30)16-15-18(2)29/h5-14,22-25,28H,4,15-17H2,1-3H3/t22-,23-,24+,25+,28+/m0/s1. The average Bonchev–Trinajstić information content (AvgIpc) is 2.93. The van der Waals surface area contributed by atoms with Crippen LogP contribution in [0.4, 0.5) is 0 Å². The molecule has 0 aromatic heterocycles. The van der Waals surface area contributed by atoms with Crippen molar-refractivity contribution in [2.45, 2.75) is 63.1 Å². The van der Waals surface area contributed by atoms with Crippen LogP contribution in [0.15, 0.2) is 60.7 Å². The van der Waals surface area contributed by atoms with Gasteiger partial charge in [0.1, 0.15) is 17.3 Å². The Morgan fingerprint density at radius 3 is 2.13 bits per heavy atom. The van der Waals surface area contributed by atoms with Crippen molar-refractivity contribution in [1.82, 2.24) is 0 Å². The normalized spacial score (nSPS) is 22.8. The molecule has 5 atom stereocenters. The second kappa shape index (κ2) is 14.7. The molecule has 0 saturated carbocycles. The predicted molar refractivity (Wildman–Crippen MR) is 139 cm³/mol. The summed E-state index contributed by atoms with van der Waals surface area (Å²) < 4.78 is 28.8. The van der Waals surface area contributed by atoms with Crippen molar-refractivity contribution in [2.24, 2.45) is 0 Å². The summed E-state index contributed by atoms with van der Waals surface area (Å²) in [5.74, 6) is -1.71. The van der Waals surface area contributed by atoms with Crippen molar-refractivity contribution in [3.63, 3.8) is 0 Å². The maximum absolute atomic E-state index is 13.1. The molecule has 1 aliphatic heterocycles. The van der Waals surface area contributed by atoms with E-state index in [2.05, 4.69) is 0 Å². The van der Waals surface area contributed by atoms with E-state index in [9.17, 15) is 19.2 Å². The van der Waals surface area contributed by atoms with E-state index in [1.807, 2.05) is 37.3 Å². The fourth-order valence-corrected chi connectivity index (χ4v) is 4.81. The summed E-state index contributed by atoms with van der Waals surface area (Å²) in [6.45, 7) is 3.35. The van der Waals surface area contributed by atoms with Crippen LogP contribution in [0.25, 0.3) is 0 Å². The Morgan fingerprint density at radius 1 is 0.868 bits per heavy atom. The van der Waals surface area contributed by atoms with Gasteiger partial charge in [-0.15, -0.1) is 11.8 Å². The highest BCUT2D eigenvalue weighted by atomic mass is 32.2. The number of Topliss-reactive ketones (excluding diaryl/α,β-unsaturated/α-hetero) is 1. The fourth-order valence-electron chi connectivity index (χ4n) is 3.88. The summed E-state index contributed by atoms with van der Waals surface area (Å²) in [7, 11) is 1.20. The number of thioether (sulfide) groups is 1. The summed E-state index contributed by atoms with van der Waals surface area (Å²) in [6.07, 6.45) is -4.96. The Hall–Kier alpha value is -3.21. The molecule has 1 aliphatic rings. The summed E-state index contributed by atoms with van der Waals surface area (Å²) in [5.41, 5.74) is 0.326. The number of benzene rings is 2. The molecular weight excluding hydrogens is 512 g/mol.